The summed E-state index contributed by atoms with van der Waals surface area (Å²) in [5, 5.41) is 0.292. The number of aryl methyl sites for hydroxylation is 1. The van der Waals surface area contributed by atoms with Crippen molar-refractivity contribution in [2.24, 2.45) is 9.98 Å². The molecule has 0 unspecified atom stereocenters. The van der Waals surface area contributed by atoms with E-state index in [1.807, 2.05) is 55.8 Å². The highest BCUT2D eigenvalue weighted by Crippen LogP contribution is 2.13. The zero-order valence-electron chi connectivity index (χ0n) is 43.5. The highest BCUT2D eigenvalue weighted by atomic mass is 79.9. The van der Waals surface area contributed by atoms with E-state index >= 15 is 0 Å². The number of aliphatic imine (C=N–C) groups is 2. The molecule has 0 aliphatic heterocycles. The van der Waals surface area contributed by atoms with E-state index in [0.29, 0.717) is 31.6 Å². The number of esters is 2. The molecule has 9 nitrogen and oxygen atoms in total. The van der Waals surface area contributed by atoms with Crippen LogP contribution >= 0.6 is 15.9 Å². The number of ether oxygens (including phenoxy) is 2. The molecule has 0 aromatic heterocycles. The Labute approximate surface area is 427 Å². The zero-order chi connectivity index (χ0) is 50.0. The molecule has 10 heteroatoms. The Morgan fingerprint density at radius 2 is 0.855 bits per heavy atom. The van der Waals surface area contributed by atoms with Crippen LogP contribution in [0.3, 0.4) is 0 Å². The summed E-state index contributed by atoms with van der Waals surface area (Å²) in [6.45, 7) is 24.2. The van der Waals surface area contributed by atoms with Crippen LogP contribution in [0.25, 0.3) is 0 Å². The molecule has 380 valence electrons. The van der Waals surface area contributed by atoms with Crippen molar-refractivity contribution in [1.29, 1.82) is 0 Å². The number of carbonyl (C=O) groups is 2. The van der Waals surface area contributed by atoms with Crippen LogP contribution in [-0.4, -0.2) is 110 Å². The van der Waals surface area contributed by atoms with Gasteiger partial charge in [-0.3, -0.25) is 24.5 Å². The van der Waals surface area contributed by atoms with Crippen molar-refractivity contribution < 1.29 is 19.1 Å². The van der Waals surface area contributed by atoms with Crippen molar-refractivity contribution in [3.63, 3.8) is 0 Å². The quantitative estimate of drug-likeness (QED) is 0.0203. The number of unbranched alkanes of at least 4 members (excludes halogenated alkanes) is 4. The molecule has 4 aromatic carbocycles. The van der Waals surface area contributed by atoms with Crippen molar-refractivity contribution in [2.45, 2.75) is 132 Å². The number of hydrogen-bond acceptors (Lipinski definition) is 9. The van der Waals surface area contributed by atoms with Gasteiger partial charge in [0.05, 0.1) is 32.8 Å². The van der Waals surface area contributed by atoms with E-state index < -0.39 is 0 Å². The fourth-order valence-corrected chi connectivity index (χ4v) is 8.00. The molecular formula is C59H88BrN5O4. The van der Waals surface area contributed by atoms with Gasteiger partial charge in [-0.2, -0.15) is 0 Å². The normalized spacial score (nSPS) is 11.2. The average Bonchev–Trinajstić information content (AvgIpc) is 3.36. The third-order valence-electron chi connectivity index (χ3n) is 11.2. The fraction of sp³-hybridized carbons (Fsp3) is 0.525. The Balaban J connectivity index is 0.000000421. The highest BCUT2D eigenvalue weighted by molar-refractivity contribution is 9.09. The van der Waals surface area contributed by atoms with Crippen LogP contribution in [0.4, 0.5) is 0 Å². The predicted molar refractivity (Wildman–Crippen MR) is 296 cm³/mol. The van der Waals surface area contributed by atoms with Gasteiger partial charge in [0.15, 0.2) is 0 Å². The van der Waals surface area contributed by atoms with Gasteiger partial charge in [0.1, 0.15) is 5.33 Å². The number of halogens is 1. The minimum Gasteiger partial charge on any atom is -0.465 e. The van der Waals surface area contributed by atoms with Gasteiger partial charge in [0.2, 0.25) is 0 Å². The summed E-state index contributed by atoms with van der Waals surface area (Å²) in [4.78, 5) is 38.8. The van der Waals surface area contributed by atoms with E-state index in [2.05, 4.69) is 146 Å². The van der Waals surface area contributed by atoms with Crippen molar-refractivity contribution >= 4 is 40.3 Å². The maximum absolute atomic E-state index is 12.2. The van der Waals surface area contributed by atoms with Crippen molar-refractivity contribution in [3.05, 3.63) is 143 Å². The molecule has 0 spiro atoms. The largest absolute Gasteiger partial charge is 0.465 e. The lowest BCUT2D eigenvalue weighted by Crippen LogP contribution is -2.32. The minimum atomic E-state index is -0.206. The van der Waals surface area contributed by atoms with E-state index in [-0.39, 0.29) is 11.9 Å². The first-order chi connectivity index (χ1) is 33.8. The molecule has 0 N–H and O–H groups in total. The number of alkyl halides is 1. The number of hydrogen-bond donors (Lipinski definition) is 0. The number of rotatable bonds is 33. The first-order valence-corrected chi connectivity index (χ1v) is 27.2. The summed E-state index contributed by atoms with van der Waals surface area (Å²) in [5.74, 6) is -0.351. The molecule has 0 aliphatic carbocycles. The molecule has 0 atom stereocenters. The third-order valence-corrected chi connectivity index (χ3v) is 11.7. The SMILES string of the molecule is CCCN(CCC)CCCCCCc1ccc(CN=Cc2ccccc2)cc1.CCCN(CCC)CCCCN(CC(=O)OCC)Cc1ccc(CN=Cc2ccccc2)cc1.CCOC(=O)CBr. The second-order valence-corrected chi connectivity index (χ2v) is 18.0. The smallest absolute Gasteiger partial charge is 0.320 e. The first-order valence-electron chi connectivity index (χ1n) is 26.1. The number of nitrogens with zero attached hydrogens (tertiary/aromatic N) is 5. The van der Waals surface area contributed by atoms with E-state index in [0.717, 1.165) is 50.1 Å². The van der Waals surface area contributed by atoms with Gasteiger partial charge in [0.25, 0.3) is 0 Å². The van der Waals surface area contributed by atoms with Gasteiger partial charge in [-0.15, -0.1) is 0 Å². The monoisotopic (exact) mass is 1010 g/mol. The molecule has 0 aliphatic rings. The van der Waals surface area contributed by atoms with Crippen LogP contribution in [0.2, 0.25) is 0 Å². The Morgan fingerprint density at radius 3 is 1.28 bits per heavy atom. The van der Waals surface area contributed by atoms with Crippen LogP contribution in [-0.2, 0) is 45.1 Å². The summed E-state index contributed by atoms with van der Waals surface area (Å²) < 4.78 is 9.72. The fourth-order valence-electron chi connectivity index (χ4n) is 7.84. The van der Waals surface area contributed by atoms with Crippen LogP contribution in [0.15, 0.2) is 119 Å². The summed E-state index contributed by atoms with van der Waals surface area (Å²) in [6.07, 6.45) is 17.6. The standard InChI is InChI=1S/C29H43N3O2.C26H38N2.C4H7BrO2/c1-4-18-31(19-5-2)20-10-11-21-32(25-29(33)34-6-3)24-28-16-14-27(15-17-28)23-30-22-26-12-8-7-9-13-26;1-3-19-28(20-4-2)21-11-6-5-8-12-24-15-17-26(18-16-24)23-27-22-25-13-9-7-10-14-25;1-2-7-4(6)3-5/h7-9,12-17,22H,4-6,10-11,18-21,23-25H2,1-3H3;7,9-10,13-18,22H,3-6,8,11-12,19-21,23H2,1-2H3;2-3H2,1H3. The summed E-state index contributed by atoms with van der Waals surface area (Å²) in [6, 6.07) is 38.0. The van der Waals surface area contributed by atoms with E-state index in [1.54, 1.807) is 6.92 Å². The van der Waals surface area contributed by atoms with Crippen LogP contribution in [0.1, 0.15) is 139 Å². The van der Waals surface area contributed by atoms with Gasteiger partial charge >= 0.3 is 11.9 Å². The molecule has 4 rings (SSSR count). The van der Waals surface area contributed by atoms with Gasteiger partial charge < -0.3 is 19.3 Å². The number of carbonyl (C=O) groups excluding carboxylic acids is 2. The molecular weight excluding hydrogens is 923 g/mol. The molecule has 0 amide bonds. The van der Waals surface area contributed by atoms with Crippen molar-refractivity contribution in [3.8, 4) is 0 Å². The third kappa shape index (κ3) is 31.4. The van der Waals surface area contributed by atoms with Gasteiger partial charge in [0, 0.05) is 19.0 Å². The second-order valence-electron chi connectivity index (χ2n) is 17.4. The molecule has 4 aromatic rings. The van der Waals surface area contributed by atoms with Gasteiger partial charge in [-0.1, -0.05) is 166 Å². The zero-order valence-corrected chi connectivity index (χ0v) is 45.1. The highest BCUT2D eigenvalue weighted by Gasteiger charge is 2.13. The molecule has 0 saturated carbocycles. The Bertz CT molecular complexity index is 1880. The summed E-state index contributed by atoms with van der Waals surface area (Å²) >= 11 is 2.94. The lowest BCUT2D eigenvalue weighted by molar-refractivity contribution is -0.144. The average molecular weight is 1010 g/mol. The Kier molecular flexibility index (Phi) is 36.3. The molecule has 69 heavy (non-hydrogen) atoms. The molecule has 0 saturated heterocycles. The summed E-state index contributed by atoms with van der Waals surface area (Å²) in [7, 11) is 0. The van der Waals surface area contributed by atoms with E-state index in [4.69, 9.17) is 4.74 Å². The second kappa shape index (κ2) is 41.3. The Morgan fingerprint density at radius 1 is 0.464 bits per heavy atom. The van der Waals surface area contributed by atoms with Crippen LogP contribution in [0, 0.1) is 0 Å². The van der Waals surface area contributed by atoms with Crippen LogP contribution in [0.5, 0.6) is 0 Å². The topological polar surface area (TPSA) is 87.0 Å². The maximum Gasteiger partial charge on any atom is 0.320 e. The van der Waals surface area contributed by atoms with Crippen LogP contribution < -0.4 is 0 Å². The first kappa shape index (κ1) is 60.6. The van der Waals surface area contributed by atoms with Gasteiger partial charge in [-0.05, 0) is 151 Å². The van der Waals surface area contributed by atoms with E-state index in [9.17, 15) is 9.59 Å². The van der Waals surface area contributed by atoms with E-state index in [1.165, 1.54) is 113 Å². The lowest BCUT2D eigenvalue weighted by atomic mass is 10.0. The van der Waals surface area contributed by atoms with Crippen molar-refractivity contribution in [2.75, 3.05) is 70.9 Å². The maximum atomic E-state index is 12.2. The molecule has 0 fully saturated rings. The van der Waals surface area contributed by atoms with Crippen molar-refractivity contribution in [1.82, 2.24) is 14.7 Å². The van der Waals surface area contributed by atoms with Gasteiger partial charge in [-0.25, -0.2) is 0 Å². The summed E-state index contributed by atoms with van der Waals surface area (Å²) in [5.41, 5.74) is 7.39. The predicted octanol–water partition coefficient (Wildman–Crippen LogP) is 13.0. The number of benzene rings is 4. The Hall–Kier alpha value is -4.48. The molecule has 0 heterocycles. The molecule has 0 bridgehead atoms. The lowest BCUT2D eigenvalue weighted by Gasteiger charge is -2.24. The molecule has 0 radical (unpaired) electrons. The minimum absolute atomic E-state index is 0.145.